The van der Waals surface area contributed by atoms with E-state index in [2.05, 4.69) is 23.5 Å². The molecule has 2 nitrogen and oxygen atoms in total. The van der Waals surface area contributed by atoms with Crippen LogP contribution in [0.4, 0.5) is 0 Å². The van der Waals surface area contributed by atoms with Gasteiger partial charge in [-0.05, 0) is 36.0 Å². The fraction of sp³-hybridized carbons (Fsp3) is 0.278. The molecule has 1 aliphatic carbocycles. The molecule has 0 saturated carbocycles. The lowest BCUT2D eigenvalue weighted by Gasteiger charge is -2.27. The fourth-order valence-corrected chi connectivity index (χ4v) is 3.13. The fourth-order valence-electron chi connectivity index (χ4n) is 2.92. The van der Waals surface area contributed by atoms with Crippen LogP contribution in [0.15, 0.2) is 54.6 Å². The number of amides is 1. The highest BCUT2D eigenvalue weighted by Crippen LogP contribution is 2.30. The Morgan fingerprint density at radius 1 is 1.10 bits per heavy atom. The van der Waals surface area contributed by atoms with E-state index >= 15 is 0 Å². The Morgan fingerprint density at radius 2 is 1.81 bits per heavy atom. The van der Waals surface area contributed by atoms with E-state index in [9.17, 15) is 4.79 Å². The normalized spacial score (nSPS) is 18.6. The summed E-state index contributed by atoms with van der Waals surface area (Å²) in [4.78, 5) is 12.4. The highest BCUT2D eigenvalue weighted by Gasteiger charge is 2.25. The lowest BCUT2D eigenvalue weighted by Crippen LogP contribution is -2.33. The quantitative estimate of drug-likeness (QED) is 0.847. The van der Waals surface area contributed by atoms with Crippen LogP contribution in [0.25, 0.3) is 0 Å². The molecule has 3 rings (SSSR count). The van der Waals surface area contributed by atoms with Gasteiger partial charge in [0.1, 0.15) is 5.38 Å². The molecule has 0 radical (unpaired) electrons. The number of aryl methyl sites for hydroxylation is 1. The smallest absolute Gasteiger partial charge is 0.243 e. The van der Waals surface area contributed by atoms with Crippen LogP contribution in [-0.4, -0.2) is 5.91 Å². The van der Waals surface area contributed by atoms with Gasteiger partial charge in [-0.15, -0.1) is 11.6 Å². The van der Waals surface area contributed by atoms with Crippen LogP contribution in [0.5, 0.6) is 0 Å². The zero-order valence-corrected chi connectivity index (χ0v) is 12.5. The van der Waals surface area contributed by atoms with Crippen LogP contribution in [-0.2, 0) is 11.2 Å². The third-order valence-electron chi connectivity index (χ3n) is 4.01. The van der Waals surface area contributed by atoms with Gasteiger partial charge in [-0.1, -0.05) is 54.6 Å². The van der Waals surface area contributed by atoms with Crippen LogP contribution < -0.4 is 5.32 Å². The van der Waals surface area contributed by atoms with Crippen LogP contribution in [0, 0.1) is 0 Å². The minimum absolute atomic E-state index is 0.0763. The first kappa shape index (κ1) is 14.2. The average Bonchev–Trinajstić information content (AvgIpc) is 2.55. The maximum Gasteiger partial charge on any atom is 0.243 e. The predicted molar refractivity (Wildman–Crippen MR) is 85.3 cm³/mol. The molecule has 108 valence electrons. The Hall–Kier alpha value is -1.80. The Morgan fingerprint density at radius 3 is 2.62 bits per heavy atom. The number of alkyl halides is 1. The summed E-state index contributed by atoms with van der Waals surface area (Å²) in [6.07, 6.45) is 3.16. The molecule has 1 N–H and O–H groups in total. The molecule has 3 heteroatoms. The molecule has 2 aromatic rings. The third-order valence-corrected chi connectivity index (χ3v) is 4.46. The molecular formula is C18H18ClNO. The average molecular weight is 300 g/mol. The number of carbonyl (C=O) groups excluding carboxylic acids is 1. The predicted octanol–water partition coefficient (Wildman–Crippen LogP) is 4.16. The number of benzene rings is 2. The molecular weight excluding hydrogens is 282 g/mol. The van der Waals surface area contributed by atoms with Crippen molar-refractivity contribution in [1.82, 2.24) is 5.32 Å². The standard InChI is InChI=1S/C18H18ClNO/c19-17(14-8-2-1-3-9-14)18(21)20-16-12-6-10-13-7-4-5-11-15(13)16/h1-5,7-9,11,16-17H,6,10,12H2,(H,20,21)/t16-,17+/m0/s1. The molecule has 0 spiro atoms. The van der Waals surface area contributed by atoms with E-state index in [-0.39, 0.29) is 11.9 Å². The first-order valence-corrected chi connectivity index (χ1v) is 7.76. The molecule has 0 aliphatic heterocycles. The van der Waals surface area contributed by atoms with Crippen molar-refractivity contribution in [3.05, 3.63) is 71.3 Å². The lowest BCUT2D eigenvalue weighted by atomic mass is 9.87. The van der Waals surface area contributed by atoms with Crippen molar-refractivity contribution in [2.45, 2.75) is 30.7 Å². The Balaban J connectivity index is 1.74. The van der Waals surface area contributed by atoms with E-state index in [1.54, 1.807) is 0 Å². The van der Waals surface area contributed by atoms with Crippen LogP contribution >= 0.6 is 11.6 Å². The summed E-state index contributed by atoms with van der Waals surface area (Å²) in [5, 5.41) is 2.46. The van der Waals surface area contributed by atoms with Crippen molar-refractivity contribution in [2.75, 3.05) is 0 Å². The summed E-state index contributed by atoms with van der Waals surface area (Å²) in [6.45, 7) is 0. The van der Waals surface area contributed by atoms with Gasteiger partial charge < -0.3 is 5.32 Å². The van der Waals surface area contributed by atoms with Gasteiger partial charge in [-0.2, -0.15) is 0 Å². The Kier molecular flexibility index (Phi) is 4.26. The van der Waals surface area contributed by atoms with Gasteiger partial charge in [0, 0.05) is 0 Å². The van der Waals surface area contributed by atoms with Crippen molar-refractivity contribution in [1.29, 1.82) is 0 Å². The maximum atomic E-state index is 12.4. The molecule has 0 heterocycles. The SMILES string of the molecule is O=C(N[C@H]1CCCc2ccccc21)[C@H](Cl)c1ccccc1. The zero-order valence-electron chi connectivity index (χ0n) is 11.8. The summed E-state index contributed by atoms with van der Waals surface area (Å²) in [5.74, 6) is -0.121. The molecule has 0 unspecified atom stereocenters. The molecule has 0 aromatic heterocycles. The van der Waals surface area contributed by atoms with E-state index < -0.39 is 5.38 Å². The molecule has 1 aliphatic rings. The molecule has 1 amide bonds. The number of nitrogens with one attached hydrogen (secondary N) is 1. The number of rotatable bonds is 3. The van der Waals surface area contributed by atoms with Gasteiger partial charge in [-0.25, -0.2) is 0 Å². The highest BCUT2D eigenvalue weighted by molar-refractivity contribution is 6.30. The van der Waals surface area contributed by atoms with Crippen LogP contribution in [0.3, 0.4) is 0 Å². The molecule has 0 saturated heterocycles. The summed E-state index contributed by atoms with van der Waals surface area (Å²) in [6, 6.07) is 17.9. The molecule has 2 atom stereocenters. The van der Waals surface area contributed by atoms with E-state index in [4.69, 9.17) is 11.6 Å². The molecule has 2 aromatic carbocycles. The van der Waals surface area contributed by atoms with Crippen LogP contribution in [0.1, 0.15) is 41.0 Å². The number of halogens is 1. The maximum absolute atomic E-state index is 12.4. The van der Waals surface area contributed by atoms with Crippen molar-refractivity contribution >= 4 is 17.5 Å². The van der Waals surface area contributed by atoms with E-state index in [1.807, 2.05) is 36.4 Å². The molecule has 0 bridgehead atoms. The second kappa shape index (κ2) is 6.31. The van der Waals surface area contributed by atoms with E-state index in [1.165, 1.54) is 11.1 Å². The van der Waals surface area contributed by atoms with E-state index in [0.717, 1.165) is 24.8 Å². The number of carbonyl (C=O) groups is 1. The van der Waals surface area contributed by atoms with Crippen LogP contribution in [0.2, 0.25) is 0 Å². The zero-order chi connectivity index (χ0) is 14.7. The van der Waals surface area contributed by atoms with Gasteiger partial charge in [0.05, 0.1) is 6.04 Å². The number of hydrogen-bond donors (Lipinski definition) is 1. The summed E-state index contributed by atoms with van der Waals surface area (Å²) in [5.41, 5.74) is 3.40. The van der Waals surface area contributed by atoms with Gasteiger partial charge in [0.25, 0.3) is 0 Å². The Bertz CT molecular complexity index is 626. The van der Waals surface area contributed by atoms with Gasteiger partial charge in [0.2, 0.25) is 5.91 Å². The summed E-state index contributed by atoms with van der Waals surface area (Å²) < 4.78 is 0. The minimum Gasteiger partial charge on any atom is -0.348 e. The van der Waals surface area contributed by atoms with E-state index in [0.29, 0.717) is 0 Å². The summed E-state index contributed by atoms with van der Waals surface area (Å²) in [7, 11) is 0. The third kappa shape index (κ3) is 3.11. The topological polar surface area (TPSA) is 29.1 Å². The van der Waals surface area contributed by atoms with Crippen molar-refractivity contribution in [3.8, 4) is 0 Å². The van der Waals surface area contributed by atoms with Crippen molar-refractivity contribution in [2.24, 2.45) is 0 Å². The largest absolute Gasteiger partial charge is 0.348 e. The van der Waals surface area contributed by atoms with Gasteiger partial charge >= 0.3 is 0 Å². The van der Waals surface area contributed by atoms with Crippen molar-refractivity contribution < 1.29 is 4.79 Å². The van der Waals surface area contributed by atoms with Gasteiger partial charge in [-0.3, -0.25) is 4.79 Å². The first-order valence-electron chi connectivity index (χ1n) is 7.33. The highest BCUT2D eigenvalue weighted by atomic mass is 35.5. The second-order valence-electron chi connectivity index (χ2n) is 5.43. The number of hydrogen-bond acceptors (Lipinski definition) is 1. The Labute approximate surface area is 130 Å². The minimum atomic E-state index is -0.639. The molecule has 0 fully saturated rings. The summed E-state index contributed by atoms with van der Waals surface area (Å²) >= 11 is 6.29. The first-order chi connectivity index (χ1) is 10.3. The van der Waals surface area contributed by atoms with Gasteiger partial charge in [0.15, 0.2) is 0 Å². The number of fused-ring (bicyclic) bond motifs is 1. The molecule has 21 heavy (non-hydrogen) atoms. The van der Waals surface area contributed by atoms with Crippen molar-refractivity contribution in [3.63, 3.8) is 0 Å². The monoisotopic (exact) mass is 299 g/mol. The lowest BCUT2D eigenvalue weighted by molar-refractivity contribution is -0.121. The second-order valence-corrected chi connectivity index (χ2v) is 5.86.